The third-order valence-electron chi connectivity index (χ3n) is 6.22. The zero-order valence-electron chi connectivity index (χ0n) is 18.4. The van der Waals surface area contributed by atoms with Crippen molar-refractivity contribution in [3.63, 3.8) is 0 Å². The fourth-order valence-electron chi connectivity index (χ4n) is 4.37. The van der Waals surface area contributed by atoms with Crippen LogP contribution < -0.4 is 0 Å². The van der Waals surface area contributed by atoms with Crippen LogP contribution in [-0.4, -0.2) is 58.1 Å². The standard InChI is InChI=1S/C21H32N2O.C2HF3O2/c1-3-4-14-22-15-5-11-21(13-16-22)12-10-20(24)23(21)17-19-8-6-18(2)7-9-19;3-2(4,5)1(6)7/h6-9H,3-5,10-17H2,1-2H3;(H,6,7). The monoisotopic (exact) mass is 442 g/mol. The Morgan fingerprint density at radius 1 is 1.13 bits per heavy atom. The summed E-state index contributed by atoms with van der Waals surface area (Å²) >= 11 is 0. The average Bonchev–Trinajstić information content (AvgIpc) is 2.88. The van der Waals surface area contributed by atoms with Crippen molar-refractivity contribution in [1.29, 1.82) is 0 Å². The van der Waals surface area contributed by atoms with Crippen LogP contribution in [0.15, 0.2) is 24.3 Å². The maximum atomic E-state index is 12.6. The molecule has 2 heterocycles. The lowest BCUT2D eigenvalue weighted by atomic mass is 9.87. The number of nitrogens with zero attached hydrogens (tertiary/aromatic N) is 2. The first kappa shape index (κ1) is 25.2. The molecule has 174 valence electrons. The number of hydrogen-bond acceptors (Lipinski definition) is 3. The van der Waals surface area contributed by atoms with E-state index in [1.807, 2.05) is 0 Å². The van der Waals surface area contributed by atoms with Crippen molar-refractivity contribution in [2.45, 2.75) is 77.1 Å². The van der Waals surface area contributed by atoms with Gasteiger partial charge < -0.3 is 14.9 Å². The number of aliphatic carboxylic acids is 1. The number of amides is 1. The number of carbonyl (C=O) groups is 2. The number of carbonyl (C=O) groups excluding carboxylic acids is 1. The quantitative estimate of drug-likeness (QED) is 0.713. The molecular weight excluding hydrogens is 409 g/mol. The summed E-state index contributed by atoms with van der Waals surface area (Å²) in [5.41, 5.74) is 2.66. The molecule has 0 aliphatic carbocycles. The van der Waals surface area contributed by atoms with E-state index < -0.39 is 12.1 Å². The predicted molar refractivity (Wildman–Crippen MR) is 113 cm³/mol. The summed E-state index contributed by atoms with van der Waals surface area (Å²) in [4.78, 5) is 26.3. The van der Waals surface area contributed by atoms with Crippen molar-refractivity contribution in [3.05, 3.63) is 35.4 Å². The number of alkyl halides is 3. The van der Waals surface area contributed by atoms with Crippen LogP contribution in [-0.2, 0) is 16.1 Å². The summed E-state index contributed by atoms with van der Waals surface area (Å²) < 4.78 is 31.7. The molecule has 3 rings (SSSR count). The largest absolute Gasteiger partial charge is 0.490 e. The SMILES string of the molecule is CCCCN1CCCC2(CCC(=O)N2Cc2ccc(C)cc2)CC1.O=C(O)C(F)(F)F. The van der Waals surface area contributed by atoms with E-state index in [4.69, 9.17) is 9.90 Å². The first-order valence-corrected chi connectivity index (χ1v) is 11.0. The third-order valence-corrected chi connectivity index (χ3v) is 6.22. The van der Waals surface area contributed by atoms with Gasteiger partial charge in [0, 0.05) is 25.0 Å². The lowest BCUT2D eigenvalue weighted by Gasteiger charge is -2.38. The third kappa shape index (κ3) is 7.23. The molecule has 1 spiro atoms. The molecule has 0 bridgehead atoms. The molecule has 0 aromatic heterocycles. The van der Waals surface area contributed by atoms with E-state index in [1.54, 1.807) is 0 Å². The van der Waals surface area contributed by atoms with E-state index in [2.05, 4.69) is 47.9 Å². The van der Waals surface area contributed by atoms with Crippen molar-refractivity contribution in [1.82, 2.24) is 9.80 Å². The smallest absolute Gasteiger partial charge is 0.475 e. The number of rotatable bonds is 5. The van der Waals surface area contributed by atoms with Crippen LogP contribution in [0.4, 0.5) is 13.2 Å². The van der Waals surface area contributed by atoms with Crippen molar-refractivity contribution in [3.8, 4) is 0 Å². The van der Waals surface area contributed by atoms with E-state index >= 15 is 0 Å². The topological polar surface area (TPSA) is 60.9 Å². The van der Waals surface area contributed by atoms with Gasteiger partial charge in [-0.05, 0) is 57.7 Å². The summed E-state index contributed by atoms with van der Waals surface area (Å²) in [5, 5.41) is 7.12. The molecule has 2 aliphatic rings. The van der Waals surface area contributed by atoms with Gasteiger partial charge in [-0.1, -0.05) is 43.2 Å². The Kier molecular flexibility index (Phi) is 8.91. The van der Waals surface area contributed by atoms with Crippen LogP contribution in [0.25, 0.3) is 0 Å². The Bertz CT molecular complexity index is 737. The normalized spacial score (nSPS) is 22.2. The minimum atomic E-state index is -5.08. The van der Waals surface area contributed by atoms with E-state index in [0.717, 1.165) is 32.4 Å². The molecule has 2 saturated heterocycles. The number of halogens is 3. The minimum absolute atomic E-state index is 0.114. The molecule has 0 saturated carbocycles. The highest BCUT2D eigenvalue weighted by Gasteiger charge is 2.45. The van der Waals surface area contributed by atoms with Crippen LogP contribution in [0.3, 0.4) is 0 Å². The zero-order chi connectivity index (χ0) is 23.1. The van der Waals surface area contributed by atoms with E-state index in [1.165, 1.54) is 49.9 Å². The number of hydrogen-bond donors (Lipinski definition) is 1. The first-order valence-electron chi connectivity index (χ1n) is 11.0. The number of benzene rings is 1. The first-order chi connectivity index (χ1) is 14.6. The molecular formula is C23H33F3N2O3. The molecule has 1 N–H and O–H groups in total. The maximum Gasteiger partial charge on any atom is 0.490 e. The summed E-state index contributed by atoms with van der Waals surface area (Å²) in [7, 11) is 0. The molecule has 1 unspecified atom stereocenters. The van der Waals surface area contributed by atoms with Gasteiger partial charge in [-0.3, -0.25) is 4.79 Å². The number of carboxylic acids is 1. The molecule has 2 fully saturated rings. The molecule has 2 aliphatic heterocycles. The average molecular weight is 443 g/mol. The summed E-state index contributed by atoms with van der Waals surface area (Å²) in [5.74, 6) is -2.40. The van der Waals surface area contributed by atoms with Crippen molar-refractivity contribution < 1.29 is 27.9 Å². The Balaban J connectivity index is 0.000000423. The van der Waals surface area contributed by atoms with Gasteiger partial charge >= 0.3 is 12.1 Å². The van der Waals surface area contributed by atoms with Gasteiger partial charge in [0.2, 0.25) is 5.91 Å². The predicted octanol–water partition coefficient (Wildman–Crippen LogP) is 4.78. The molecule has 0 radical (unpaired) electrons. The zero-order valence-corrected chi connectivity index (χ0v) is 18.4. The lowest BCUT2D eigenvalue weighted by molar-refractivity contribution is -0.192. The number of carboxylic acid groups (broad SMARTS) is 1. The molecule has 1 atom stereocenters. The molecule has 1 aromatic carbocycles. The van der Waals surface area contributed by atoms with Crippen LogP contribution in [0, 0.1) is 6.92 Å². The van der Waals surface area contributed by atoms with Gasteiger partial charge in [-0.2, -0.15) is 13.2 Å². The number of likely N-dealkylation sites (tertiary alicyclic amines) is 2. The van der Waals surface area contributed by atoms with Crippen LogP contribution in [0.5, 0.6) is 0 Å². The highest BCUT2D eigenvalue weighted by Crippen LogP contribution is 2.40. The second-order valence-electron chi connectivity index (χ2n) is 8.54. The van der Waals surface area contributed by atoms with E-state index in [-0.39, 0.29) is 5.54 Å². The van der Waals surface area contributed by atoms with Crippen LogP contribution in [0.2, 0.25) is 0 Å². The van der Waals surface area contributed by atoms with Crippen LogP contribution in [0.1, 0.15) is 63.0 Å². The second-order valence-corrected chi connectivity index (χ2v) is 8.54. The van der Waals surface area contributed by atoms with Gasteiger partial charge in [0.05, 0.1) is 0 Å². The highest BCUT2D eigenvalue weighted by atomic mass is 19.4. The van der Waals surface area contributed by atoms with Gasteiger partial charge in [-0.25, -0.2) is 4.79 Å². The second kappa shape index (κ2) is 11.0. The van der Waals surface area contributed by atoms with Crippen LogP contribution >= 0.6 is 0 Å². The summed E-state index contributed by atoms with van der Waals surface area (Å²) in [6, 6.07) is 8.67. The summed E-state index contributed by atoms with van der Waals surface area (Å²) in [6.45, 7) is 8.74. The number of aryl methyl sites for hydroxylation is 1. The van der Waals surface area contributed by atoms with E-state index in [9.17, 15) is 18.0 Å². The lowest BCUT2D eigenvalue weighted by Crippen LogP contribution is -2.46. The van der Waals surface area contributed by atoms with E-state index in [0.29, 0.717) is 5.91 Å². The highest BCUT2D eigenvalue weighted by molar-refractivity contribution is 5.79. The van der Waals surface area contributed by atoms with Crippen molar-refractivity contribution in [2.75, 3.05) is 19.6 Å². The van der Waals surface area contributed by atoms with Crippen molar-refractivity contribution in [2.24, 2.45) is 0 Å². The fraction of sp³-hybridized carbons (Fsp3) is 0.652. The summed E-state index contributed by atoms with van der Waals surface area (Å²) in [6.07, 6.45) is 2.81. The molecule has 8 heteroatoms. The maximum absolute atomic E-state index is 12.6. The fourth-order valence-corrected chi connectivity index (χ4v) is 4.37. The minimum Gasteiger partial charge on any atom is -0.475 e. The van der Waals surface area contributed by atoms with Crippen molar-refractivity contribution >= 4 is 11.9 Å². The Labute approximate surface area is 182 Å². The molecule has 1 aromatic rings. The number of unbranched alkanes of at least 4 members (excludes halogenated alkanes) is 1. The van der Waals surface area contributed by atoms with Gasteiger partial charge in [0.25, 0.3) is 0 Å². The Morgan fingerprint density at radius 3 is 2.35 bits per heavy atom. The molecule has 1 amide bonds. The molecule has 5 nitrogen and oxygen atoms in total. The van der Waals surface area contributed by atoms with Gasteiger partial charge in [0.1, 0.15) is 0 Å². The molecule has 31 heavy (non-hydrogen) atoms. The Hall–Kier alpha value is -2.09. The Morgan fingerprint density at radius 2 is 1.77 bits per heavy atom. The van der Waals surface area contributed by atoms with Gasteiger partial charge in [-0.15, -0.1) is 0 Å². The van der Waals surface area contributed by atoms with Gasteiger partial charge in [0.15, 0.2) is 0 Å².